The summed E-state index contributed by atoms with van der Waals surface area (Å²) in [4.78, 5) is 12.0. The molecule has 20 heavy (non-hydrogen) atoms. The third kappa shape index (κ3) is 4.93. The molecule has 2 rings (SSSR count). The molecule has 3 unspecified atom stereocenters. The number of rotatable bonds is 5. The van der Waals surface area contributed by atoms with Crippen molar-refractivity contribution in [2.45, 2.75) is 45.3 Å². The molecule has 2 heterocycles. The van der Waals surface area contributed by atoms with Crippen LogP contribution in [0.2, 0.25) is 0 Å². The van der Waals surface area contributed by atoms with Gasteiger partial charge in [0.15, 0.2) is 0 Å². The van der Waals surface area contributed by atoms with Gasteiger partial charge in [-0.1, -0.05) is 13.8 Å². The molecule has 0 spiro atoms. The Bertz CT molecular complexity index is 306. The first-order chi connectivity index (χ1) is 9.66. The van der Waals surface area contributed by atoms with Gasteiger partial charge in [0.2, 0.25) is 5.91 Å². The molecule has 2 aliphatic rings. The van der Waals surface area contributed by atoms with Crippen LogP contribution in [0.25, 0.3) is 0 Å². The number of thioether (sulfide) groups is 1. The highest BCUT2D eigenvalue weighted by atomic mass is 32.2. The standard InChI is InChI=1S/C15H28N2O2S/c1-11(2)15-12(4-3-6-19-15)9-17-14(18)8-13-10-20-7-5-16-13/h11-13,15-16H,3-10H2,1-2H3,(H,17,18). The van der Waals surface area contributed by atoms with Crippen molar-refractivity contribution in [3.05, 3.63) is 0 Å². The van der Waals surface area contributed by atoms with Crippen molar-refractivity contribution in [3.63, 3.8) is 0 Å². The maximum Gasteiger partial charge on any atom is 0.221 e. The van der Waals surface area contributed by atoms with E-state index in [4.69, 9.17) is 4.74 Å². The Morgan fingerprint density at radius 2 is 2.35 bits per heavy atom. The minimum absolute atomic E-state index is 0.179. The first-order valence-corrected chi connectivity index (χ1v) is 9.01. The van der Waals surface area contributed by atoms with E-state index in [2.05, 4.69) is 24.5 Å². The van der Waals surface area contributed by atoms with E-state index in [-0.39, 0.29) is 5.91 Å². The van der Waals surface area contributed by atoms with Gasteiger partial charge in [-0.15, -0.1) is 0 Å². The second kappa shape index (κ2) is 8.25. The van der Waals surface area contributed by atoms with Crippen molar-refractivity contribution in [3.8, 4) is 0 Å². The molecule has 2 N–H and O–H groups in total. The summed E-state index contributed by atoms with van der Waals surface area (Å²) in [6.45, 7) is 7.06. The topological polar surface area (TPSA) is 50.4 Å². The Morgan fingerprint density at radius 1 is 1.50 bits per heavy atom. The van der Waals surface area contributed by atoms with E-state index in [9.17, 15) is 4.79 Å². The molecule has 0 radical (unpaired) electrons. The molecule has 0 aliphatic carbocycles. The molecule has 1 amide bonds. The fourth-order valence-corrected chi connectivity index (χ4v) is 4.06. The molecule has 0 aromatic carbocycles. The minimum Gasteiger partial charge on any atom is -0.378 e. The van der Waals surface area contributed by atoms with Crippen molar-refractivity contribution < 1.29 is 9.53 Å². The maximum absolute atomic E-state index is 12.0. The predicted octanol–water partition coefficient (Wildman–Crippen LogP) is 1.65. The summed E-state index contributed by atoms with van der Waals surface area (Å²) in [5.74, 6) is 3.38. The Morgan fingerprint density at radius 3 is 3.05 bits per heavy atom. The molecule has 2 aliphatic heterocycles. The summed E-state index contributed by atoms with van der Waals surface area (Å²) in [5, 5.41) is 6.52. The number of amides is 1. The number of ether oxygens (including phenoxy) is 1. The van der Waals surface area contributed by atoms with E-state index < -0.39 is 0 Å². The first-order valence-electron chi connectivity index (χ1n) is 7.86. The lowest BCUT2D eigenvalue weighted by molar-refractivity contribution is -0.122. The highest BCUT2D eigenvalue weighted by molar-refractivity contribution is 7.99. The second-order valence-corrected chi connectivity index (χ2v) is 7.37. The van der Waals surface area contributed by atoms with Gasteiger partial charge in [-0.3, -0.25) is 4.79 Å². The maximum atomic E-state index is 12.0. The normalized spacial score (nSPS) is 31.2. The minimum atomic E-state index is 0.179. The van der Waals surface area contributed by atoms with E-state index in [1.165, 1.54) is 6.42 Å². The molecule has 0 saturated carbocycles. The van der Waals surface area contributed by atoms with Gasteiger partial charge < -0.3 is 15.4 Å². The van der Waals surface area contributed by atoms with Crippen LogP contribution in [-0.2, 0) is 9.53 Å². The lowest BCUT2D eigenvalue weighted by Gasteiger charge is -2.34. The van der Waals surface area contributed by atoms with E-state index in [0.717, 1.165) is 37.6 Å². The molecule has 0 bridgehead atoms. The summed E-state index contributed by atoms with van der Waals surface area (Å²) in [7, 11) is 0. The molecular weight excluding hydrogens is 272 g/mol. The number of nitrogens with one attached hydrogen (secondary N) is 2. The summed E-state index contributed by atoms with van der Waals surface area (Å²) >= 11 is 1.93. The van der Waals surface area contributed by atoms with Gasteiger partial charge >= 0.3 is 0 Å². The average Bonchev–Trinajstić information content (AvgIpc) is 2.46. The Labute approximate surface area is 126 Å². The van der Waals surface area contributed by atoms with Gasteiger partial charge in [-0.25, -0.2) is 0 Å². The van der Waals surface area contributed by atoms with Crippen molar-refractivity contribution in [1.29, 1.82) is 0 Å². The van der Waals surface area contributed by atoms with Gasteiger partial charge in [0, 0.05) is 49.6 Å². The largest absolute Gasteiger partial charge is 0.378 e. The number of carbonyl (C=O) groups excluding carboxylic acids is 1. The molecular formula is C15H28N2O2S. The van der Waals surface area contributed by atoms with Crippen molar-refractivity contribution in [1.82, 2.24) is 10.6 Å². The van der Waals surface area contributed by atoms with Gasteiger partial charge in [0.05, 0.1) is 6.10 Å². The fraction of sp³-hybridized carbons (Fsp3) is 0.933. The zero-order valence-corrected chi connectivity index (χ0v) is 13.5. The molecule has 0 aromatic heterocycles. The van der Waals surface area contributed by atoms with Crippen molar-refractivity contribution >= 4 is 17.7 Å². The monoisotopic (exact) mass is 300 g/mol. The van der Waals surface area contributed by atoms with E-state index in [1.54, 1.807) is 0 Å². The molecule has 116 valence electrons. The Balaban J connectivity index is 1.71. The predicted molar refractivity (Wildman–Crippen MR) is 84.0 cm³/mol. The molecule has 2 fully saturated rings. The third-order valence-electron chi connectivity index (χ3n) is 4.14. The van der Waals surface area contributed by atoms with Crippen LogP contribution < -0.4 is 10.6 Å². The van der Waals surface area contributed by atoms with Gasteiger partial charge in [0.25, 0.3) is 0 Å². The van der Waals surface area contributed by atoms with Crippen LogP contribution in [0.1, 0.15) is 33.1 Å². The van der Waals surface area contributed by atoms with E-state index in [0.29, 0.717) is 30.4 Å². The lowest BCUT2D eigenvalue weighted by Crippen LogP contribution is -2.44. The number of carbonyl (C=O) groups is 1. The molecule has 3 atom stereocenters. The van der Waals surface area contributed by atoms with Gasteiger partial charge in [-0.2, -0.15) is 11.8 Å². The van der Waals surface area contributed by atoms with Crippen LogP contribution in [0.4, 0.5) is 0 Å². The van der Waals surface area contributed by atoms with E-state index >= 15 is 0 Å². The molecule has 0 aromatic rings. The van der Waals surface area contributed by atoms with Crippen LogP contribution in [-0.4, -0.2) is 49.3 Å². The average molecular weight is 300 g/mol. The van der Waals surface area contributed by atoms with Crippen molar-refractivity contribution in [2.75, 3.05) is 31.2 Å². The van der Waals surface area contributed by atoms with Crippen LogP contribution in [0, 0.1) is 11.8 Å². The van der Waals surface area contributed by atoms with E-state index in [1.807, 2.05) is 11.8 Å². The third-order valence-corrected chi connectivity index (χ3v) is 5.27. The second-order valence-electron chi connectivity index (χ2n) is 6.22. The fourth-order valence-electron chi connectivity index (χ4n) is 3.11. The Kier molecular flexibility index (Phi) is 6.65. The molecule has 5 heteroatoms. The van der Waals surface area contributed by atoms with Crippen LogP contribution in [0.3, 0.4) is 0 Å². The number of hydrogen-bond acceptors (Lipinski definition) is 4. The van der Waals surface area contributed by atoms with Crippen molar-refractivity contribution in [2.24, 2.45) is 11.8 Å². The number of hydrogen-bond donors (Lipinski definition) is 2. The lowest BCUT2D eigenvalue weighted by atomic mass is 9.87. The quantitative estimate of drug-likeness (QED) is 0.810. The summed E-state index contributed by atoms with van der Waals surface area (Å²) in [5.41, 5.74) is 0. The summed E-state index contributed by atoms with van der Waals surface area (Å²) in [6.07, 6.45) is 3.19. The summed E-state index contributed by atoms with van der Waals surface area (Å²) in [6, 6.07) is 0.345. The smallest absolute Gasteiger partial charge is 0.221 e. The first kappa shape index (κ1) is 16.1. The van der Waals surface area contributed by atoms with Crippen LogP contribution in [0.15, 0.2) is 0 Å². The Hall–Kier alpha value is -0.260. The zero-order valence-electron chi connectivity index (χ0n) is 12.7. The SMILES string of the molecule is CC(C)C1OCCCC1CNC(=O)CC1CSCCN1. The highest BCUT2D eigenvalue weighted by Crippen LogP contribution is 2.25. The molecule has 2 saturated heterocycles. The van der Waals surface area contributed by atoms with Crippen LogP contribution >= 0.6 is 11.8 Å². The zero-order chi connectivity index (χ0) is 14.4. The summed E-state index contributed by atoms with van der Waals surface area (Å²) < 4.78 is 5.87. The van der Waals surface area contributed by atoms with Gasteiger partial charge in [-0.05, 0) is 18.8 Å². The highest BCUT2D eigenvalue weighted by Gasteiger charge is 2.28. The molecule has 4 nitrogen and oxygen atoms in total. The van der Waals surface area contributed by atoms with Crippen LogP contribution in [0.5, 0.6) is 0 Å². The van der Waals surface area contributed by atoms with Gasteiger partial charge in [0.1, 0.15) is 0 Å².